The standard InChI is InChI=1S/C20H27BN2O8/c1-22-4-5-30-11(8-22)6-17(24)23-9-12(10-23)31-16-3-2-13(14-7-15(14)21(28)29)19(25)18(16)20(26)27/h2-3,11-12,14-15,25,28-29H,4-10H2,1H3,(H,26,27)/t11-,14-,15-/m0/s1. The van der Waals surface area contributed by atoms with Gasteiger partial charge in [0.15, 0.2) is 0 Å². The number of carbonyl (C=O) groups is 2. The van der Waals surface area contributed by atoms with E-state index in [0.717, 1.165) is 6.54 Å². The van der Waals surface area contributed by atoms with Crippen molar-refractivity contribution in [1.29, 1.82) is 0 Å². The van der Waals surface area contributed by atoms with Crippen LogP contribution in [0, 0.1) is 0 Å². The van der Waals surface area contributed by atoms with Crippen molar-refractivity contribution in [3.63, 3.8) is 0 Å². The second-order valence-corrected chi connectivity index (χ2v) is 8.60. The molecule has 2 saturated heterocycles. The van der Waals surface area contributed by atoms with Crippen LogP contribution in [0.25, 0.3) is 0 Å². The van der Waals surface area contributed by atoms with Gasteiger partial charge in [-0.3, -0.25) is 4.79 Å². The number of morpholine rings is 1. The average Bonchev–Trinajstić information content (AvgIpc) is 3.44. The van der Waals surface area contributed by atoms with Crippen molar-refractivity contribution in [2.24, 2.45) is 0 Å². The number of carboxylic acid groups (broad SMARTS) is 1. The molecule has 0 aromatic heterocycles. The number of hydrogen-bond donors (Lipinski definition) is 4. The summed E-state index contributed by atoms with van der Waals surface area (Å²) in [5.74, 6) is -2.46. The van der Waals surface area contributed by atoms with E-state index in [0.29, 0.717) is 44.6 Å². The van der Waals surface area contributed by atoms with E-state index in [2.05, 4.69) is 4.90 Å². The van der Waals surface area contributed by atoms with Gasteiger partial charge in [-0.2, -0.15) is 0 Å². The molecule has 1 aromatic carbocycles. The van der Waals surface area contributed by atoms with Gasteiger partial charge in [-0.1, -0.05) is 6.07 Å². The number of aromatic carboxylic acids is 1. The van der Waals surface area contributed by atoms with Crippen LogP contribution >= 0.6 is 0 Å². The van der Waals surface area contributed by atoms with Crippen LogP contribution in [0.3, 0.4) is 0 Å². The molecule has 31 heavy (non-hydrogen) atoms. The number of ether oxygens (including phenoxy) is 2. The minimum Gasteiger partial charge on any atom is -0.507 e. The van der Waals surface area contributed by atoms with Gasteiger partial charge in [0.05, 0.1) is 32.2 Å². The minimum atomic E-state index is -1.51. The molecule has 1 aliphatic carbocycles. The summed E-state index contributed by atoms with van der Waals surface area (Å²) in [7, 11) is 0.482. The van der Waals surface area contributed by atoms with Crippen LogP contribution in [0.4, 0.5) is 0 Å². The van der Waals surface area contributed by atoms with Gasteiger partial charge in [0, 0.05) is 18.9 Å². The van der Waals surface area contributed by atoms with E-state index >= 15 is 0 Å². The zero-order valence-corrected chi connectivity index (χ0v) is 17.3. The van der Waals surface area contributed by atoms with E-state index in [1.807, 2.05) is 7.05 Å². The zero-order chi connectivity index (χ0) is 22.3. The molecule has 168 valence electrons. The number of benzene rings is 1. The minimum absolute atomic E-state index is 0.0286. The molecular formula is C20H27BN2O8. The predicted octanol–water partition coefficient (Wildman–Crippen LogP) is -0.269. The predicted molar refractivity (Wildman–Crippen MR) is 109 cm³/mol. The summed E-state index contributed by atoms with van der Waals surface area (Å²) in [5.41, 5.74) is 0.0183. The molecule has 10 nitrogen and oxygen atoms in total. The van der Waals surface area contributed by atoms with Gasteiger partial charge in [0.2, 0.25) is 5.91 Å². The lowest BCUT2D eigenvalue weighted by atomic mass is 9.81. The number of carbonyl (C=O) groups excluding carboxylic acids is 1. The third-order valence-electron chi connectivity index (χ3n) is 6.25. The Bertz CT molecular complexity index is 860. The van der Waals surface area contributed by atoms with E-state index in [-0.39, 0.29) is 35.3 Å². The maximum absolute atomic E-state index is 12.4. The third kappa shape index (κ3) is 4.64. The molecule has 4 rings (SSSR count). The molecule has 1 aromatic rings. The molecule has 11 heteroatoms. The highest BCUT2D eigenvalue weighted by molar-refractivity contribution is 6.44. The van der Waals surface area contributed by atoms with Crippen molar-refractivity contribution in [1.82, 2.24) is 9.80 Å². The molecule has 0 bridgehead atoms. The van der Waals surface area contributed by atoms with Gasteiger partial charge >= 0.3 is 13.1 Å². The van der Waals surface area contributed by atoms with Gasteiger partial charge in [-0.05, 0) is 31.0 Å². The number of nitrogens with zero attached hydrogens (tertiary/aromatic N) is 2. The molecule has 3 aliphatic rings. The lowest BCUT2D eigenvalue weighted by molar-refractivity contribution is -0.144. The van der Waals surface area contributed by atoms with Crippen LogP contribution in [0.15, 0.2) is 12.1 Å². The maximum atomic E-state index is 12.4. The lowest BCUT2D eigenvalue weighted by Gasteiger charge is -2.40. The Morgan fingerprint density at radius 2 is 2.00 bits per heavy atom. The fraction of sp³-hybridized carbons (Fsp3) is 0.600. The largest absolute Gasteiger partial charge is 0.507 e. The summed E-state index contributed by atoms with van der Waals surface area (Å²) in [6.45, 7) is 2.84. The van der Waals surface area contributed by atoms with Crippen molar-refractivity contribution in [3.05, 3.63) is 23.3 Å². The van der Waals surface area contributed by atoms with E-state index in [1.165, 1.54) is 6.07 Å². The van der Waals surface area contributed by atoms with Crippen LogP contribution in [0.1, 0.15) is 34.7 Å². The molecule has 1 saturated carbocycles. The number of likely N-dealkylation sites (tertiary alicyclic amines) is 1. The summed E-state index contributed by atoms with van der Waals surface area (Å²) in [4.78, 5) is 27.9. The first-order chi connectivity index (χ1) is 14.7. The van der Waals surface area contributed by atoms with Gasteiger partial charge in [0.1, 0.15) is 23.2 Å². The van der Waals surface area contributed by atoms with E-state index in [1.54, 1.807) is 11.0 Å². The summed E-state index contributed by atoms with van der Waals surface area (Å²) >= 11 is 0. The lowest BCUT2D eigenvalue weighted by Crippen LogP contribution is -2.57. The van der Waals surface area contributed by atoms with E-state index < -0.39 is 24.7 Å². The van der Waals surface area contributed by atoms with Crippen molar-refractivity contribution >= 4 is 19.0 Å². The molecule has 0 unspecified atom stereocenters. The Morgan fingerprint density at radius 3 is 2.61 bits per heavy atom. The number of aromatic hydroxyl groups is 1. The van der Waals surface area contributed by atoms with Gasteiger partial charge in [-0.25, -0.2) is 4.79 Å². The second-order valence-electron chi connectivity index (χ2n) is 8.60. The van der Waals surface area contributed by atoms with Crippen LogP contribution in [-0.2, 0) is 9.53 Å². The number of rotatable bonds is 7. The van der Waals surface area contributed by atoms with Crippen molar-refractivity contribution in [3.8, 4) is 11.5 Å². The van der Waals surface area contributed by atoms with Crippen LogP contribution in [0.2, 0.25) is 5.82 Å². The monoisotopic (exact) mass is 434 g/mol. The Hall–Kier alpha value is -2.34. The normalized spacial score (nSPS) is 26.3. The van der Waals surface area contributed by atoms with Crippen molar-refractivity contribution in [2.45, 2.75) is 36.8 Å². The number of phenols is 1. The zero-order valence-electron chi connectivity index (χ0n) is 17.3. The van der Waals surface area contributed by atoms with E-state index in [9.17, 15) is 29.9 Å². The van der Waals surface area contributed by atoms with Crippen molar-refractivity contribution in [2.75, 3.05) is 39.8 Å². The summed E-state index contributed by atoms with van der Waals surface area (Å²) < 4.78 is 11.4. The van der Waals surface area contributed by atoms with Crippen LogP contribution < -0.4 is 4.74 Å². The molecule has 1 amide bonds. The highest BCUT2D eigenvalue weighted by Crippen LogP contribution is 2.56. The topological polar surface area (TPSA) is 140 Å². The third-order valence-corrected chi connectivity index (χ3v) is 6.25. The van der Waals surface area contributed by atoms with Crippen molar-refractivity contribution < 1.29 is 39.3 Å². The smallest absolute Gasteiger partial charge is 0.455 e. The Balaban J connectivity index is 1.35. The van der Waals surface area contributed by atoms with Crippen LogP contribution in [-0.4, -0.2) is 101 Å². The Kier molecular flexibility index (Phi) is 6.11. The highest BCUT2D eigenvalue weighted by atomic mass is 16.5. The number of likely N-dealkylation sites (N-methyl/N-ethyl adjacent to an activating group) is 1. The number of hydrogen-bond acceptors (Lipinski definition) is 8. The number of amides is 1. The van der Waals surface area contributed by atoms with Crippen LogP contribution in [0.5, 0.6) is 11.5 Å². The first-order valence-electron chi connectivity index (χ1n) is 10.4. The Labute approximate surface area is 180 Å². The summed E-state index contributed by atoms with van der Waals surface area (Å²) in [6.07, 6.45) is 0.268. The van der Waals surface area contributed by atoms with E-state index in [4.69, 9.17) is 9.47 Å². The molecule has 2 aliphatic heterocycles. The van der Waals surface area contributed by atoms with Gasteiger partial charge in [-0.15, -0.1) is 0 Å². The average molecular weight is 434 g/mol. The molecule has 0 radical (unpaired) electrons. The number of carboxylic acids is 1. The SMILES string of the molecule is CN1CCO[C@@H](CC(=O)N2CC(Oc3ccc([C@@H]4C[C@@H]4B(O)O)c(O)c3C(=O)O)C2)C1. The molecular weight excluding hydrogens is 407 g/mol. The van der Waals surface area contributed by atoms with Gasteiger partial charge in [0.25, 0.3) is 0 Å². The quantitative estimate of drug-likeness (QED) is 0.427. The summed E-state index contributed by atoms with van der Waals surface area (Å²) in [5, 5.41) is 38.6. The molecule has 2 heterocycles. The second kappa shape index (κ2) is 8.66. The maximum Gasteiger partial charge on any atom is 0.455 e. The first-order valence-corrected chi connectivity index (χ1v) is 10.4. The fourth-order valence-electron chi connectivity index (χ4n) is 4.30. The highest BCUT2D eigenvalue weighted by Gasteiger charge is 2.48. The molecule has 0 spiro atoms. The summed E-state index contributed by atoms with van der Waals surface area (Å²) in [6, 6.07) is 3.04. The molecule has 4 N–H and O–H groups in total. The molecule has 3 fully saturated rings. The van der Waals surface area contributed by atoms with Gasteiger partial charge < -0.3 is 39.5 Å². The molecule has 3 atom stereocenters. The fourth-order valence-corrected chi connectivity index (χ4v) is 4.30. The first kappa shape index (κ1) is 21.9. The Morgan fingerprint density at radius 1 is 1.26 bits per heavy atom.